The molecule has 1 saturated heterocycles. The van der Waals surface area contributed by atoms with Crippen molar-refractivity contribution < 1.29 is 4.79 Å². The first-order valence-corrected chi connectivity index (χ1v) is 8.95. The Balaban J connectivity index is 1.72. The van der Waals surface area contributed by atoms with Gasteiger partial charge in [-0.1, -0.05) is 35.2 Å². The highest BCUT2D eigenvalue weighted by Gasteiger charge is 2.30. The van der Waals surface area contributed by atoms with Gasteiger partial charge in [-0.25, -0.2) is 4.98 Å². The van der Waals surface area contributed by atoms with Crippen LogP contribution in [0.25, 0.3) is 10.2 Å². The summed E-state index contributed by atoms with van der Waals surface area (Å²) < 4.78 is 1.07. The van der Waals surface area contributed by atoms with Crippen molar-refractivity contribution >= 4 is 55.2 Å². The van der Waals surface area contributed by atoms with Crippen LogP contribution >= 0.6 is 23.1 Å². The number of para-hydroxylation sites is 1. The number of amides is 1. The van der Waals surface area contributed by atoms with Crippen molar-refractivity contribution in [3.05, 3.63) is 54.1 Å². The van der Waals surface area contributed by atoms with Gasteiger partial charge in [0.05, 0.1) is 33.3 Å². The van der Waals surface area contributed by atoms with Gasteiger partial charge in [0.1, 0.15) is 0 Å². The number of carbonyl (C=O) groups is 1. The fourth-order valence-corrected chi connectivity index (χ4v) is 4.14. The van der Waals surface area contributed by atoms with Crippen LogP contribution in [0.2, 0.25) is 0 Å². The summed E-state index contributed by atoms with van der Waals surface area (Å²) in [5.41, 5.74) is 2.17. The molecule has 0 N–H and O–H groups in total. The molecular formula is C17H10N4OS2. The highest BCUT2D eigenvalue weighted by atomic mass is 32.2. The first kappa shape index (κ1) is 14.9. The maximum absolute atomic E-state index is 12.2. The van der Waals surface area contributed by atoms with E-state index in [-0.39, 0.29) is 5.91 Å². The predicted octanol–water partition coefficient (Wildman–Crippen LogP) is 3.94. The van der Waals surface area contributed by atoms with Gasteiger partial charge < -0.3 is 0 Å². The molecule has 0 bridgehead atoms. The van der Waals surface area contributed by atoms with Crippen molar-refractivity contribution in [1.29, 1.82) is 5.26 Å². The fourth-order valence-electron chi connectivity index (χ4n) is 2.37. The van der Waals surface area contributed by atoms with Gasteiger partial charge in [-0.3, -0.25) is 9.69 Å². The normalized spacial score (nSPS) is 16.0. The molecule has 1 aromatic heterocycles. The second-order valence-electron chi connectivity index (χ2n) is 5.04. The number of nitriles is 1. The maximum Gasteiger partial charge on any atom is 0.243 e. The molecule has 0 aliphatic carbocycles. The molecule has 3 aromatic rings. The van der Waals surface area contributed by atoms with E-state index in [1.807, 2.05) is 24.3 Å². The molecular weight excluding hydrogens is 340 g/mol. The Morgan fingerprint density at radius 3 is 2.71 bits per heavy atom. The van der Waals surface area contributed by atoms with Crippen molar-refractivity contribution in [2.75, 3.05) is 10.7 Å². The van der Waals surface area contributed by atoms with Crippen molar-refractivity contribution in [2.24, 2.45) is 4.99 Å². The zero-order chi connectivity index (χ0) is 16.5. The summed E-state index contributed by atoms with van der Waals surface area (Å²) >= 11 is 2.89. The summed E-state index contributed by atoms with van der Waals surface area (Å²) in [7, 11) is 0. The molecule has 1 fully saturated rings. The average molecular weight is 350 g/mol. The molecule has 0 unspecified atom stereocenters. The number of nitrogens with zero attached hydrogens (tertiary/aromatic N) is 4. The van der Waals surface area contributed by atoms with Gasteiger partial charge in [0.15, 0.2) is 5.17 Å². The van der Waals surface area contributed by atoms with Gasteiger partial charge in [-0.2, -0.15) is 10.3 Å². The highest BCUT2D eigenvalue weighted by molar-refractivity contribution is 8.15. The average Bonchev–Trinajstić information content (AvgIpc) is 3.18. The SMILES string of the molecule is N#Cc1ccc(N2C(=O)CS/C2=N\c2nc3ccccc3s2)cc1. The smallest absolute Gasteiger partial charge is 0.243 e. The van der Waals surface area contributed by atoms with E-state index in [0.29, 0.717) is 27.3 Å². The molecule has 1 amide bonds. The molecule has 0 saturated carbocycles. The van der Waals surface area contributed by atoms with Crippen LogP contribution in [0, 0.1) is 11.3 Å². The lowest BCUT2D eigenvalue weighted by atomic mass is 10.2. The Morgan fingerprint density at radius 1 is 1.17 bits per heavy atom. The van der Waals surface area contributed by atoms with Crippen molar-refractivity contribution in [3.8, 4) is 6.07 Å². The number of rotatable bonds is 2. The number of hydrogen-bond donors (Lipinski definition) is 0. The first-order valence-electron chi connectivity index (χ1n) is 7.15. The monoisotopic (exact) mass is 350 g/mol. The number of thioether (sulfide) groups is 1. The summed E-state index contributed by atoms with van der Waals surface area (Å²) in [5, 5.41) is 10.1. The van der Waals surface area contributed by atoms with Crippen LogP contribution in [0.5, 0.6) is 0 Å². The highest BCUT2D eigenvalue weighted by Crippen LogP contribution is 2.32. The van der Waals surface area contributed by atoms with Crippen LogP contribution in [0.3, 0.4) is 0 Å². The molecule has 24 heavy (non-hydrogen) atoms. The lowest BCUT2D eigenvalue weighted by molar-refractivity contribution is -0.115. The lowest BCUT2D eigenvalue weighted by Crippen LogP contribution is -2.29. The number of aromatic nitrogens is 1. The third-order valence-corrected chi connectivity index (χ3v) is 5.35. The van der Waals surface area contributed by atoms with E-state index in [9.17, 15) is 4.79 Å². The molecule has 1 aliphatic heterocycles. The predicted molar refractivity (Wildman–Crippen MR) is 97.8 cm³/mol. The summed E-state index contributed by atoms with van der Waals surface area (Å²) in [6, 6.07) is 16.8. The lowest BCUT2D eigenvalue weighted by Gasteiger charge is -2.15. The van der Waals surface area contributed by atoms with Gasteiger partial charge in [-0.05, 0) is 36.4 Å². The molecule has 2 aromatic carbocycles. The second kappa shape index (κ2) is 6.07. The molecule has 7 heteroatoms. The Kier molecular flexibility index (Phi) is 3.76. The number of hydrogen-bond acceptors (Lipinski definition) is 6. The number of aliphatic imine (C=N–C) groups is 1. The van der Waals surface area contributed by atoms with Gasteiger partial charge in [0.25, 0.3) is 0 Å². The van der Waals surface area contributed by atoms with Crippen LogP contribution in [0.1, 0.15) is 5.56 Å². The largest absolute Gasteiger partial charge is 0.273 e. The van der Waals surface area contributed by atoms with E-state index in [4.69, 9.17) is 5.26 Å². The fraction of sp³-hybridized carbons (Fsp3) is 0.0588. The van der Waals surface area contributed by atoms with Crippen LogP contribution in [-0.2, 0) is 4.79 Å². The molecule has 4 rings (SSSR count). The topological polar surface area (TPSA) is 69.3 Å². The van der Waals surface area contributed by atoms with Crippen LogP contribution in [0.15, 0.2) is 53.5 Å². The first-order chi connectivity index (χ1) is 11.7. The number of amidine groups is 1. The zero-order valence-corrected chi connectivity index (χ0v) is 14.0. The summed E-state index contributed by atoms with van der Waals surface area (Å²) in [4.78, 5) is 22.9. The Hall–Kier alpha value is -2.69. The second-order valence-corrected chi connectivity index (χ2v) is 6.99. The number of fused-ring (bicyclic) bond motifs is 1. The standard InChI is InChI=1S/C17H10N4OS2/c18-9-11-5-7-12(8-6-11)21-15(22)10-23-17(21)20-16-19-13-3-1-2-4-14(13)24-16/h1-8H,10H2/b20-17-. The number of carbonyl (C=O) groups excluding carboxylic acids is 1. The minimum absolute atomic E-state index is 0.0235. The van der Waals surface area contributed by atoms with E-state index >= 15 is 0 Å². The summed E-state index contributed by atoms with van der Waals surface area (Å²) in [6.45, 7) is 0. The minimum Gasteiger partial charge on any atom is -0.273 e. The van der Waals surface area contributed by atoms with Crippen molar-refractivity contribution in [3.63, 3.8) is 0 Å². The van der Waals surface area contributed by atoms with Gasteiger partial charge in [-0.15, -0.1) is 0 Å². The van der Waals surface area contributed by atoms with E-state index in [1.165, 1.54) is 23.1 Å². The third-order valence-electron chi connectivity index (χ3n) is 3.49. The van der Waals surface area contributed by atoms with E-state index in [0.717, 1.165) is 10.2 Å². The molecule has 1 aliphatic rings. The minimum atomic E-state index is -0.0235. The quantitative estimate of drug-likeness (QED) is 0.702. The molecule has 0 radical (unpaired) electrons. The van der Waals surface area contributed by atoms with Gasteiger partial charge in [0, 0.05) is 0 Å². The Labute approximate surface area is 146 Å². The van der Waals surface area contributed by atoms with Gasteiger partial charge in [0.2, 0.25) is 11.0 Å². The molecule has 0 atom stereocenters. The van der Waals surface area contributed by atoms with E-state index < -0.39 is 0 Å². The van der Waals surface area contributed by atoms with Crippen LogP contribution < -0.4 is 4.90 Å². The van der Waals surface area contributed by atoms with Gasteiger partial charge >= 0.3 is 0 Å². The maximum atomic E-state index is 12.2. The number of benzene rings is 2. The van der Waals surface area contributed by atoms with Crippen LogP contribution in [0.4, 0.5) is 10.8 Å². The molecule has 2 heterocycles. The van der Waals surface area contributed by atoms with E-state index in [2.05, 4.69) is 16.0 Å². The Bertz CT molecular complexity index is 968. The van der Waals surface area contributed by atoms with Crippen molar-refractivity contribution in [1.82, 2.24) is 4.98 Å². The number of anilines is 1. The summed E-state index contributed by atoms with van der Waals surface area (Å²) in [5.74, 6) is 0.327. The molecule has 5 nitrogen and oxygen atoms in total. The number of thiazole rings is 1. The third kappa shape index (κ3) is 2.66. The van der Waals surface area contributed by atoms with Crippen LogP contribution in [-0.4, -0.2) is 21.8 Å². The molecule has 116 valence electrons. The Morgan fingerprint density at radius 2 is 1.96 bits per heavy atom. The zero-order valence-electron chi connectivity index (χ0n) is 12.3. The van der Waals surface area contributed by atoms with E-state index in [1.54, 1.807) is 29.2 Å². The molecule has 0 spiro atoms. The summed E-state index contributed by atoms with van der Waals surface area (Å²) in [6.07, 6.45) is 0. The van der Waals surface area contributed by atoms with Crippen molar-refractivity contribution in [2.45, 2.75) is 0 Å².